The normalized spacial score (nSPS) is 15.4. The van der Waals surface area contributed by atoms with Gasteiger partial charge in [-0.3, -0.25) is 10.2 Å². The van der Waals surface area contributed by atoms with Gasteiger partial charge in [-0.15, -0.1) is 0 Å². The van der Waals surface area contributed by atoms with Gasteiger partial charge in [0.15, 0.2) is 0 Å². The van der Waals surface area contributed by atoms with Gasteiger partial charge in [0.05, 0.1) is 5.02 Å². The molecule has 1 amide bonds. The highest BCUT2D eigenvalue weighted by molar-refractivity contribution is 7.89. The second-order valence-corrected chi connectivity index (χ2v) is 9.01. The third-order valence-corrected chi connectivity index (χ3v) is 7.10. The summed E-state index contributed by atoms with van der Waals surface area (Å²) in [4.78, 5) is 14.2. The summed E-state index contributed by atoms with van der Waals surface area (Å²) in [5.41, 5.74) is 6.41. The average molecular weight is 441 g/mol. The van der Waals surface area contributed by atoms with Crippen LogP contribution in [0.1, 0.15) is 15.9 Å². The molecule has 0 saturated carbocycles. The lowest BCUT2D eigenvalue weighted by Crippen LogP contribution is -2.50. The summed E-state index contributed by atoms with van der Waals surface area (Å²) in [5.74, 6) is -0.273. The number of hydrogen-bond donors (Lipinski definition) is 2. The van der Waals surface area contributed by atoms with Crippen molar-refractivity contribution in [1.82, 2.24) is 9.21 Å². The number of carbonyl (C=O) groups is 1. The molecule has 0 unspecified atom stereocenters. The lowest BCUT2D eigenvalue weighted by Gasteiger charge is -2.34. The SMILES string of the molecule is N=C(N)c1ccc(C(=O)N2CCN(S(=O)(=O)c3cc(Cl)ccc3Cl)CC2)cc1. The molecule has 1 fully saturated rings. The second kappa shape index (κ2) is 8.08. The number of piperazine rings is 1. The largest absolute Gasteiger partial charge is 0.384 e. The first-order valence-corrected chi connectivity index (χ1v) is 10.6. The number of amides is 1. The van der Waals surface area contributed by atoms with E-state index in [1.165, 1.54) is 22.5 Å². The highest BCUT2D eigenvalue weighted by atomic mass is 35.5. The molecule has 7 nitrogen and oxygen atoms in total. The van der Waals surface area contributed by atoms with Crippen molar-refractivity contribution in [3.8, 4) is 0 Å². The Kier molecular flexibility index (Phi) is 5.95. The van der Waals surface area contributed by atoms with Gasteiger partial charge in [0.1, 0.15) is 10.7 Å². The van der Waals surface area contributed by atoms with Crippen LogP contribution in [0.3, 0.4) is 0 Å². The number of carbonyl (C=O) groups excluding carboxylic acids is 1. The van der Waals surface area contributed by atoms with Gasteiger partial charge >= 0.3 is 0 Å². The minimum Gasteiger partial charge on any atom is -0.384 e. The fraction of sp³-hybridized carbons (Fsp3) is 0.222. The van der Waals surface area contributed by atoms with E-state index in [2.05, 4.69) is 0 Å². The van der Waals surface area contributed by atoms with Crippen LogP contribution >= 0.6 is 23.2 Å². The number of nitrogens with one attached hydrogen (secondary N) is 1. The van der Waals surface area contributed by atoms with Crippen LogP contribution in [0.25, 0.3) is 0 Å². The van der Waals surface area contributed by atoms with Gasteiger partial charge in [-0.1, -0.05) is 35.3 Å². The Morgan fingerprint density at radius 1 is 0.964 bits per heavy atom. The third-order valence-electron chi connectivity index (χ3n) is 4.48. The molecule has 1 saturated heterocycles. The van der Waals surface area contributed by atoms with Crippen molar-refractivity contribution in [3.05, 3.63) is 63.6 Å². The van der Waals surface area contributed by atoms with E-state index in [-0.39, 0.29) is 52.9 Å². The van der Waals surface area contributed by atoms with E-state index in [4.69, 9.17) is 34.3 Å². The number of nitrogen functional groups attached to an aromatic ring is 1. The van der Waals surface area contributed by atoms with Gasteiger partial charge in [-0.25, -0.2) is 8.42 Å². The van der Waals surface area contributed by atoms with E-state index in [1.807, 2.05) is 0 Å². The summed E-state index contributed by atoms with van der Waals surface area (Å²) in [6.07, 6.45) is 0. The lowest BCUT2D eigenvalue weighted by atomic mass is 10.1. The van der Waals surface area contributed by atoms with Crippen molar-refractivity contribution >= 4 is 45.0 Å². The summed E-state index contributed by atoms with van der Waals surface area (Å²) in [5, 5.41) is 7.78. The molecular formula is C18H18Cl2N4O3S. The first kappa shape index (κ1) is 20.6. The number of nitrogens with zero attached hydrogens (tertiary/aromatic N) is 2. The Morgan fingerprint density at radius 3 is 2.11 bits per heavy atom. The lowest BCUT2D eigenvalue weighted by molar-refractivity contribution is 0.0698. The van der Waals surface area contributed by atoms with E-state index >= 15 is 0 Å². The van der Waals surface area contributed by atoms with E-state index in [9.17, 15) is 13.2 Å². The zero-order valence-electron chi connectivity index (χ0n) is 14.7. The van der Waals surface area contributed by atoms with Crippen molar-refractivity contribution in [2.75, 3.05) is 26.2 Å². The number of amidine groups is 1. The molecule has 0 aliphatic carbocycles. The number of halogens is 2. The van der Waals surface area contributed by atoms with Crippen molar-refractivity contribution in [3.63, 3.8) is 0 Å². The second-order valence-electron chi connectivity index (χ2n) is 6.26. The van der Waals surface area contributed by atoms with Crippen molar-refractivity contribution < 1.29 is 13.2 Å². The van der Waals surface area contributed by atoms with Gasteiger partial charge in [-0.05, 0) is 30.3 Å². The van der Waals surface area contributed by atoms with Crippen molar-refractivity contribution in [2.24, 2.45) is 5.73 Å². The molecule has 1 aliphatic rings. The highest BCUT2D eigenvalue weighted by Crippen LogP contribution is 2.28. The predicted molar refractivity (Wildman–Crippen MR) is 109 cm³/mol. The van der Waals surface area contributed by atoms with Crippen LogP contribution in [0.5, 0.6) is 0 Å². The Morgan fingerprint density at radius 2 is 1.54 bits per heavy atom. The summed E-state index contributed by atoms with van der Waals surface area (Å²) in [6, 6.07) is 10.7. The maximum absolute atomic E-state index is 12.9. The molecule has 28 heavy (non-hydrogen) atoms. The Balaban J connectivity index is 1.70. The molecule has 0 radical (unpaired) electrons. The van der Waals surface area contributed by atoms with Crippen LogP contribution in [0, 0.1) is 5.41 Å². The number of sulfonamides is 1. The Bertz CT molecular complexity index is 1020. The summed E-state index contributed by atoms with van der Waals surface area (Å²) in [7, 11) is -3.80. The molecule has 1 heterocycles. The van der Waals surface area contributed by atoms with Crippen LogP contribution in [0.15, 0.2) is 47.4 Å². The fourth-order valence-corrected chi connectivity index (χ4v) is 5.08. The first-order valence-electron chi connectivity index (χ1n) is 8.39. The smallest absolute Gasteiger partial charge is 0.253 e. The predicted octanol–water partition coefficient (Wildman–Crippen LogP) is 2.42. The van der Waals surface area contributed by atoms with Crippen molar-refractivity contribution in [2.45, 2.75) is 4.90 Å². The minimum atomic E-state index is -3.80. The molecule has 2 aromatic rings. The van der Waals surface area contributed by atoms with Gasteiger partial charge in [0.2, 0.25) is 10.0 Å². The van der Waals surface area contributed by atoms with Gasteiger partial charge in [-0.2, -0.15) is 4.31 Å². The highest BCUT2D eigenvalue weighted by Gasteiger charge is 2.31. The third kappa shape index (κ3) is 4.15. The van der Waals surface area contributed by atoms with E-state index < -0.39 is 10.0 Å². The zero-order valence-corrected chi connectivity index (χ0v) is 17.1. The molecule has 2 aromatic carbocycles. The van der Waals surface area contributed by atoms with Gasteiger partial charge in [0.25, 0.3) is 5.91 Å². The average Bonchev–Trinajstić information content (AvgIpc) is 2.69. The number of benzene rings is 2. The van der Waals surface area contributed by atoms with Crippen molar-refractivity contribution in [1.29, 1.82) is 5.41 Å². The Labute approximate surface area is 173 Å². The van der Waals surface area contributed by atoms with Gasteiger partial charge in [0, 0.05) is 42.3 Å². The number of rotatable bonds is 4. The van der Waals surface area contributed by atoms with Crippen LogP contribution in [-0.4, -0.2) is 55.5 Å². The van der Waals surface area contributed by atoms with Crippen LogP contribution in [0.2, 0.25) is 10.0 Å². The maximum atomic E-state index is 12.9. The standard InChI is InChI=1S/C18H18Cl2N4O3S/c19-14-5-6-15(20)16(11-14)28(26,27)24-9-7-23(8-10-24)18(25)13-3-1-12(2-4-13)17(21)22/h1-6,11H,7-10H2,(H3,21,22). The van der Waals surface area contributed by atoms with Crippen LogP contribution in [-0.2, 0) is 10.0 Å². The van der Waals surface area contributed by atoms with Crippen LogP contribution < -0.4 is 5.73 Å². The minimum absolute atomic E-state index is 0.0405. The van der Waals surface area contributed by atoms with Crippen LogP contribution in [0.4, 0.5) is 0 Å². The molecule has 1 aliphatic heterocycles. The van der Waals surface area contributed by atoms with E-state index in [0.29, 0.717) is 11.1 Å². The zero-order chi connectivity index (χ0) is 20.5. The monoisotopic (exact) mass is 440 g/mol. The molecule has 0 atom stereocenters. The topological polar surface area (TPSA) is 108 Å². The van der Waals surface area contributed by atoms with Gasteiger partial charge < -0.3 is 10.6 Å². The number of nitrogens with two attached hydrogens (primary N) is 1. The molecular weight excluding hydrogens is 423 g/mol. The molecule has 3 N–H and O–H groups in total. The molecule has 0 aromatic heterocycles. The molecule has 10 heteroatoms. The molecule has 3 rings (SSSR count). The summed E-state index contributed by atoms with van der Waals surface area (Å²) in [6.45, 7) is 0.820. The molecule has 148 valence electrons. The first-order chi connectivity index (χ1) is 13.2. The summed E-state index contributed by atoms with van der Waals surface area (Å²) < 4.78 is 27.0. The van der Waals surface area contributed by atoms with E-state index in [0.717, 1.165) is 0 Å². The fourth-order valence-electron chi connectivity index (χ4n) is 2.92. The quantitative estimate of drug-likeness (QED) is 0.561. The maximum Gasteiger partial charge on any atom is 0.253 e. The summed E-state index contributed by atoms with van der Waals surface area (Å²) >= 11 is 12.0. The molecule has 0 bridgehead atoms. The van der Waals surface area contributed by atoms with E-state index in [1.54, 1.807) is 29.2 Å². The number of hydrogen-bond acceptors (Lipinski definition) is 4. The Hall–Kier alpha value is -2.13. The molecule has 0 spiro atoms.